The molecular weight excluding hydrogens is 438 g/mol. The number of amides is 1. The number of carbonyl (C=O) groups excluding carboxylic acids is 1. The lowest BCUT2D eigenvalue weighted by Gasteiger charge is -2.29. The van der Waals surface area contributed by atoms with Crippen LogP contribution in [0, 0.1) is 6.92 Å². The summed E-state index contributed by atoms with van der Waals surface area (Å²) in [6, 6.07) is 26.8. The average molecular weight is 470 g/mol. The van der Waals surface area contributed by atoms with Crippen LogP contribution in [0.2, 0.25) is 0 Å². The molecule has 3 aromatic carbocycles. The van der Waals surface area contributed by atoms with Gasteiger partial charge in [-0.1, -0.05) is 55.5 Å². The molecule has 0 radical (unpaired) electrons. The third kappa shape index (κ3) is 5.22. The Morgan fingerprint density at radius 2 is 1.54 bits per heavy atom. The molecule has 0 spiro atoms. The monoisotopic (exact) mass is 469 g/mol. The fraction of sp³-hybridized carbons (Fsp3) is 0.241. The summed E-state index contributed by atoms with van der Waals surface area (Å²) in [7, 11) is 1.62. The Bertz CT molecular complexity index is 1270. The summed E-state index contributed by atoms with van der Waals surface area (Å²) in [6.45, 7) is 6.47. The standard InChI is InChI=1S/C29H31N3O3/c1-5-21(2)31(28(33)23-14-8-6-9-15-23)20-25-22(3)30-32(24-16-10-7-11-17-24)29(25)35-27-19-13-12-18-26(27)34-4/h6-19,21H,5,20H2,1-4H3. The number of nitrogens with zero attached hydrogens (tertiary/aromatic N) is 3. The van der Waals surface area contributed by atoms with Gasteiger partial charge >= 0.3 is 0 Å². The van der Waals surface area contributed by atoms with Gasteiger partial charge in [0.15, 0.2) is 11.5 Å². The smallest absolute Gasteiger partial charge is 0.254 e. The van der Waals surface area contributed by atoms with E-state index in [4.69, 9.17) is 14.6 Å². The molecule has 0 bridgehead atoms. The summed E-state index contributed by atoms with van der Waals surface area (Å²) < 4.78 is 13.8. The minimum Gasteiger partial charge on any atom is -0.493 e. The Hall–Kier alpha value is -4.06. The van der Waals surface area contributed by atoms with Crippen molar-refractivity contribution in [2.75, 3.05) is 7.11 Å². The van der Waals surface area contributed by atoms with Gasteiger partial charge in [-0.3, -0.25) is 4.79 Å². The summed E-state index contributed by atoms with van der Waals surface area (Å²) in [4.78, 5) is 15.4. The first-order valence-corrected chi connectivity index (χ1v) is 11.8. The Morgan fingerprint density at radius 1 is 0.943 bits per heavy atom. The molecule has 0 N–H and O–H groups in total. The van der Waals surface area contributed by atoms with Gasteiger partial charge in [0.25, 0.3) is 5.91 Å². The summed E-state index contributed by atoms with van der Waals surface area (Å²) in [6.07, 6.45) is 0.827. The maximum atomic E-state index is 13.5. The molecule has 0 aliphatic rings. The van der Waals surface area contributed by atoms with Gasteiger partial charge in [-0.25, -0.2) is 4.68 Å². The lowest BCUT2D eigenvalue weighted by Crippen LogP contribution is -2.38. The van der Waals surface area contributed by atoms with Gasteiger partial charge in [-0.05, 0) is 56.7 Å². The van der Waals surface area contributed by atoms with E-state index in [-0.39, 0.29) is 11.9 Å². The van der Waals surface area contributed by atoms with Gasteiger partial charge in [0.1, 0.15) is 0 Å². The minimum absolute atomic E-state index is 0.0185. The van der Waals surface area contributed by atoms with Crippen LogP contribution in [-0.2, 0) is 6.54 Å². The zero-order valence-corrected chi connectivity index (χ0v) is 20.6. The predicted molar refractivity (Wildman–Crippen MR) is 137 cm³/mol. The first-order valence-electron chi connectivity index (χ1n) is 11.8. The average Bonchev–Trinajstić information content (AvgIpc) is 3.22. The van der Waals surface area contributed by atoms with Crippen LogP contribution in [-0.4, -0.2) is 33.7 Å². The highest BCUT2D eigenvalue weighted by atomic mass is 16.5. The number of para-hydroxylation sites is 3. The highest BCUT2D eigenvalue weighted by Gasteiger charge is 2.27. The zero-order valence-electron chi connectivity index (χ0n) is 20.6. The third-order valence-corrected chi connectivity index (χ3v) is 6.15. The van der Waals surface area contributed by atoms with Crippen molar-refractivity contribution in [1.82, 2.24) is 14.7 Å². The molecule has 0 saturated heterocycles. The molecule has 1 unspecified atom stereocenters. The van der Waals surface area contributed by atoms with Crippen molar-refractivity contribution in [3.8, 4) is 23.1 Å². The van der Waals surface area contributed by atoms with Gasteiger partial charge in [0, 0.05) is 11.6 Å². The van der Waals surface area contributed by atoms with Gasteiger partial charge in [0.05, 0.1) is 30.6 Å². The molecule has 1 heterocycles. The molecule has 0 aliphatic heterocycles. The molecule has 0 aliphatic carbocycles. The highest BCUT2D eigenvalue weighted by Crippen LogP contribution is 2.36. The van der Waals surface area contributed by atoms with Crippen molar-refractivity contribution in [3.05, 3.63) is 102 Å². The molecule has 4 rings (SSSR count). The molecule has 35 heavy (non-hydrogen) atoms. The third-order valence-electron chi connectivity index (χ3n) is 6.15. The fourth-order valence-electron chi connectivity index (χ4n) is 3.94. The zero-order chi connectivity index (χ0) is 24.8. The number of methoxy groups -OCH3 is 1. The van der Waals surface area contributed by atoms with Crippen molar-refractivity contribution in [1.29, 1.82) is 0 Å². The highest BCUT2D eigenvalue weighted by molar-refractivity contribution is 5.94. The molecule has 0 saturated carbocycles. The summed E-state index contributed by atoms with van der Waals surface area (Å²) in [5.74, 6) is 1.75. The van der Waals surface area contributed by atoms with Crippen molar-refractivity contribution in [2.45, 2.75) is 39.8 Å². The van der Waals surface area contributed by atoms with E-state index in [1.54, 1.807) is 11.8 Å². The largest absolute Gasteiger partial charge is 0.493 e. The van der Waals surface area contributed by atoms with E-state index >= 15 is 0 Å². The topological polar surface area (TPSA) is 56.6 Å². The Labute approximate surface area is 206 Å². The van der Waals surface area contributed by atoms with Crippen molar-refractivity contribution >= 4 is 5.91 Å². The Balaban J connectivity index is 1.81. The number of hydrogen-bond donors (Lipinski definition) is 0. The molecule has 1 atom stereocenters. The van der Waals surface area contributed by atoms with E-state index in [2.05, 4.69) is 13.8 Å². The van der Waals surface area contributed by atoms with Gasteiger partial charge in [-0.2, -0.15) is 5.10 Å². The number of rotatable bonds is 9. The lowest BCUT2D eigenvalue weighted by atomic mass is 10.1. The van der Waals surface area contributed by atoms with Gasteiger partial charge < -0.3 is 14.4 Å². The van der Waals surface area contributed by atoms with Gasteiger partial charge in [-0.15, -0.1) is 0 Å². The first-order chi connectivity index (χ1) is 17.0. The lowest BCUT2D eigenvalue weighted by molar-refractivity contribution is 0.0670. The second kappa shape index (κ2) is 10.9. The summed E-state index contributed by atoms with van der Waals surface area (Å²) in [5.41, 5.74) is 3.18. The maximum absolute atomic E-state index is 13.5. The van der Waals surface area contributed by atoms with E-state index < -0.39 is 0 Å². The number of benzene rings is 3. The fourth-order valence-corrected chi connectivity index (χ4v) is 3.94. The van der Waals surface area contributed by atoms with E-state index in [9.17, 15) is 4.79 Å². The van der Waals surface area contributed by atoms with Crippen molar-refractivity contribution in [2.24, 2.45) is 0 Å². The van der Waals surface area contributed by atoms with Crippen molar-refractivity contribution < 1.29 is 14.3 Å². The van der Waals surface area contributed by atoms with Crippen LogP contribution < -0.4 is 9.47 Å². The summed E-state index contributed by atoms with van der Waals surface area (Å²) in [5, 5.41) is 4.82. The Kier molecular flexibility index (Phi) is 7.51. The SMILES string of the molecule is CCC(C)N(Cc1c(C)nn(-c2ccccc2)c1Oc1ccccc1OC)C(=O)c1ccccc1. The van der Waals surface area contributed by atoms with E-state index in [0.717, 1.165) is 23.4 Å². The minimum atomic E-state index is -0.0185. The molecule has 1 amide bonds. The van der Waals surface area contributed by atoms with Crippen LogP contribution in [0.5, 0.6) is 17.4 Å². The Morgan fingerprint density at radius 3 is 2.17 bits per heavy atom. The van der Waals surface area contributed by atoms with E-state index in [0.29, 0.717) is 29.5 Å². The maximum Gasteiger partial charge on any atom is 0.254 e. The predicted octanol–water partition coefficient (Wildman–Crippen LogP) is 6.42. The van der Waals surface area contributed by atoms with Crippen LogP contribution in [0.3, 0.4) is 0 Å². The number of aryl methyl sites for hydroxylation is 1. The van der Waals surface area contributed by atoms with E-state index in [1.165, 1.54) is 0 Å². The second-order valence-corrected chi connectivity index (χ2v) is 8.43. The van der Waals surface area contributed by atoms with Crippen LogP contribution >= 0.6 is 0 Å². The van der Waals surface area contributed by atoms with Crippen LogP contribution in [0.1, 0.15) is 41.9 Å². The van der Waals surface area contributed by atoms with Crippen molar-refractivity contribution in [3.63, 3.8) is 0 Å². The summed E-state index contributed by atoms with van der Waals surface area (Å²) >= 11 is 0. The van der Waals surface area contributed by atoms with E-state index in [1.807, 2.05) is 96.8 Å². The molecule has 6 nitrogen and oxygen atoms in total. The van der Waals surface area contributed by atoms with Crippen LogP contribution in [0.25, 0.3) is 5.69 Å². The second-order valence-electron chi connectivity index (χ2n) is 8.43. The normalized spacial score (nSPS) is 11.7. The molecule has 0 fully saturated rings. The van der Waals surface area contributed by atoms with Gasteiger partial charge in [0.2, 0.25) is 5.88 Å². The molecule has 6 heteroatoms. The molecule has 4 aromatic rings. The molecule has 1 aromatic heterocycles. The molecular formula is C29H31N3O3. The quantitative estimate of drug-likeness (QED) is 0.284. The number of carbonyl (C=O) groups is 1. The van der Waals surface area contributed by atoms with Crippen LogP contribution in [0.15, 0.2) is 84.9 Å². The molecule has 180 valence electrons. The first kappa shape index (κ1) is 24.1. The number of aromatic nitrogens is 2. The number of hydrogen-bond acceptors (Lipinski definition) is 4. The number of ether oxygens (including phenoxy) is 2. The van der Waals surface area contributed by atoms with Crippen LogP contribution in [0.4, 0.5) is 0 Å².